The van der Waals surface area contributed by atoms with Crippen LogP contribution in [0.15, 0.2) is 195 Å². The molecule has 2 aliphatic carbocycles. The van der Waals surface area contributed by atoms with E-state index < -0.39 is 5.41 Å². The minimum absolute atomic E-state index is 0.523. The van der Waals surface area contributed by atoms with Gasteiger partial charge in [0.25, 0.3) is 0 Å². The molecule has 1 spiro atoms. The van der Waals surface area contributed by atoms with Crippen LogP contribution in [0.1, 0.15) is 22.3 Å². The van der Waals surface area contributed by atoms with E-state index in [4.69, 9.17) is 9.97 Å². The largest absolute Gasteiger partial charge is 0.265 e. The van der Waals surface area contributed by atoms with Gasteiger partial charge in [-0.15, -0.1) is 0 Å². The molecule has 3 aromatic heterocycles. The minimum Gasteiger partial charge on any atom is -0.265 e. The fourth-order valence-corrected chi connectivity index (χ4v) is 8.96. The number of hydrogen-bond acceptors (Lipinski definition) is 4. The van der Waals surface area contributed by atoms with Crippen LogP contribution in [-0.2, 0) is 5.41 Å². The SMILES string of the molecule is c1cncc(-c2nc(-c3ccc(-c4ccncc4)cc3)cc(-c3ccc4c(c3)-c3ccccc3-c3ccccc3C43c4ccccc4-c4ccccc43)n2)c1. The summed E-state index contributed by atoms with van der Waals surface area (Å²) < 4.78 is 0. The van der Waals surface area contributed by atoms with Crippen molar-refractivity contribution >= 4 is 0 Å². The molecule has 0 unspecified atom stereocenters. The van der Waals surface area contributed by atoms with E-state index in [0.29, 0.717) is 5.82 Å². The summed E-state index contributed by atoms with van der Waals surface area (Å²) in [5.41, 5.74) is 19.0. The molecule has 2 aliphatic rings. The topological polar surface area (TPSA) is 51.6 Å². The summed E-state index contributed by atoms with van der Waals surface area (Å²) in [5.74, 6) is 0.636. The Balaban J connectivity index is 1.16. The fourth-order valence-electron chi connectivity index (χ4n) is 8.96. The molecule has 0 bridgehead atoms. The van der Waals surface area contributed by atoms with E-state index in [1.807, 2.05) is 42.9 Å². The highest BCUT2D eigenvalue weighted by Crippen LogP contribution is 2.61. The summed E-state index contributed by atoms with van der Waals surface area (Å²) in [5, 5.41) is 0. The summed E-state index contributed by atoms with van der Waals surface area (Å²) in [6, 6.07) is 61.4. The van der Waals surface area contributed by atoms with Crippen LogP contribution in [0.5, 0.6) is 0 Å². The maximum Gasteiger partial charge on any atom is 0.161 e. The van der Waals surface area contributed by atoms with Crippen LogP contribution >= 0.6 is 0 Å². The van der Waals surface area contributed by atoms with Crippen LogP contribution in [0.2, 0.25) is 0 Å². The number of nitrogens with zero attached hydrogens (tertiary/aromatic N) is 4. The van der Waals surface area contributed by atoms with Crippen molar-refractivity contribution in [3.63, 3.8) is 0 Å². The van der Waals surface area contributed by atoms with Gasteiger partial charge in [0, 0.05) is 41.5 Å². The van der Waals surface area contributed by atoms with Gasteiger partial charge in [0.1, 0.15) is 0 Å². The van der Waals surface area contributed by atoms with Crippen molar-refractivity contribution in [1.29, 1.82) is 0 Å². The normalized spacial score (nSPS) is 12.9. The molecule has 256 valence electrons. The fraction of sp³-hybridized carbons (Fsp3) is 0.0196. The Hall–Kier alpha value is -7.30. The third-order valence-corrected chi connectivity index (χ3v) is 11.4. The van der Waals surface area contributed by atoms with Crippen LogP contribution in [-0.4, -0.2) is 19.9 Å². The molecule has 4 nitrogen and oxygen atoms in total. The Morgan fingerprint density at radius 1 is 0.309 bits per heavy atom. The zero-order valence-corrected chi connectivity index (χ0v) is 29.8. The summed E-state index contributed by atoms with van der Waals surface area (Å²) >= 11 is 0. The Morgan fingerprint density at radius 3 is 1.42 bits per heavy atom. The van der Waals surface area contributed by atoms with Gasteiger partial charge in [-0.2, -0.15) is 0 Å². The Labute approximate surface area is 319 Å². The van der Waals surface area contributed by atoms with E-state index in [9.17, 15) is 0 Å². The number of pyridine rings is 2. The maximum atomic E-state index is 5.24. The zero-order chi connectivity index (χ0) is 36.3. The van der Waals surface area contributed by atoms with Gasteiger partial charge >= 0.3 is 0 Å². The van der Waals surface area contributed by atoms with E-state index >= 15 is 0 Å². The van der Waals surface area contributed by atoms with E-state index in [2.05, 4.69) is 156 Å². The second-order valence-corrected chi connectivity index (χ2v) is 14.2. The highest BCUT2D eigenvalue weighted by molar-refractivity contribution is 5.98. The van der Waals surface area contributed by atoms with E-state index in [-0.39, 0.29) is 0 Å². The van der Waals surface area contributed by atoms with Crippen molar-refractivity contribution in [2.24, 2.45) is 0 Å². The monoisotopic (exact) mass is 700 g/mol. The van der Waals surface area contributed by atoms with Crippen LogP contribution in [0, 0.1) is 0 Å². The maximum absolute atomic E-state index is 5.24. The molecule has 0 radical (unpaired) electrons. The molecular weight excluding hydrogens is 669 g/mol. The van der Waals surface area contributed by atoms with Gasteiger partial charge in [0.15, 0.2) is 5.82 Å². The molecule has 6 aromatic carbocycles. The first-order valence-electron chi connectivity index (χ1n) is 18.6. The third-order valence-electron chi connectivity index (χ3n) is 11.4. The first-order valence-corrected chi connectivity index (χ1v) is 18.6. The zero-order valence-electron chi connectivity index (χ0n) is 29.8. The molecule has 0 aliphatic heterocycles. The molecule has 0 saturated carbocycles. The number of hydrogen-bond donors (Lipinski definition) is 0. The number of aromatic nitrogens is 4. The first kappa shape index (κ1) is 31.2. The Kier molecular flexibility index (Phi) is 7.04. The molecule has 4 heteroatoms. The van der Waals surface area contributed by atoms with Gasteiger partial charge in [-0.3, -0.25) is 9.97 Å². The van der Waals surface area contributed by atoms with Crippen molar-refractivity contribution in [2.45, 2.75) is 5.41 Å². The lowest BCUT2D eigenvalue weighted by molar-refractivity contribution is 0.775. The van der Waals surface area contributed by atoms with Gasteiger partial charge in [-0.05, 0) is 103 Å². The number of fused-ring (bicyclic) bond motifs is 12. The molecule has 55 heavy (non-hydrogen) atoms. The third kappa shape index (κ3) is 4.78. The molecule has 0 atom stereocenters. The van der Waals surface area contributed by atoms with Crippen LogP contribution < -0.4 is 0 Å². The van der Waals surface area contributed by atoms with Gasteiger partial charge in [-0.25, -0.2) is 9.97 Å². The predicted molar refractivity (Wildman–Crippen MR) is 221 cm³/mol. The predicted octanol–water partition coefficient (Wildman–Crippen LogP) is 11.9. The first-order chi connectivity index (χ1) is 27.3. The molecule has 0 N–H and O–H groups in total. The minimum atomic E-state index is -0.523. The molecule has 0 saturated heterocycles. The summed E-state index contributed by atoms with van der Waals surface area (Å²) in [7, 11) is 0. The lowest BCUT2D eigenvalue weighted by Crippen LogP contribution is -2.29. The smallest absolute Gasteiger partial charge is 0.161 e. The standard InChI is InChI=1S/C51H32N4/c1-2-12-39-38(11-1)40-13-3-6-16-44(40)51(45-17-7-4-14-41(45)42-15-5-8-18-46(42)51)47-24-23-36(30-43(39)47)49-31-48(54-50(55-49)37-10-9-27-53-32-37)35-21-19-33(20-22-35)34-25-28-52-29-26-34/h1-32H. The summed E-state index contributed by atoms with van der Waals surface area (Å²) in [6.07, 6.45) is 7.26. The number of rotatable bonds is 4. The van der Waals surface area contributed by atoms with Crippen LogP contribution in [0.3, 0.4) is 0 Å². The van der Waals surface area contributed by atoms with Crippen molar-refractivity contribution in [1.82, 2.24) is 19.9 Å². The highest BCUT2D eigenvalue weighted by Gasteiger charge is 2.49. The summed E-state index contributed by atoms with van der Waals surface area (Å²) in [6.45, 7) is 0. The average Bonchev–Trinajstić information content (AvgIpc) is 3.52. The van der Waals surface area contributed by atoms with Gasteiger partial charge in [0.2, 0.25) is 0 Å². The molecular formula is C51H32N4. The molecule has 0 amide bonds. The molecule has 11 rings (SSSR count). The van der Waals surface area contributed by atoms with Crippen molar-refractivity contribution < 1.29 is 0 Å². The van der Waals surface area contributed by atoms with Crippen molar-refractivity contribution in [3.05, 3.63) is 217 Å². The van der Waals surface area contributed by atoms with E-state index in [0.717, 1.165) is 39.2 Å². The second-order valence-electron chi connectivity index (χ2n) is 14.2. The highest BCUT2D eigenvalue weighted by atomic mass is 14.9. The second kappa shape index (κ2) is 12.4. The molecule has 3 heterocycles. The average molecular weight is 701 g/mol. The van der Waals surface area contributed by atoms with E-state index in [1.54, 1.807) is 6.20 Å². The van der Waals surface area contributed by atoms with Gasteiger partial charge in [-0.1, -0.05) is 133 Å². The number of benzene rings is 6. The van der Waals surface area contributed by atoms with Gasteiger partial charge < -0.3 is 0 Å². The molecule has 0 fully saturated rings. The van der Waals surface area contributed by atoms with Crippen molar-refractivity contribution in [2.75, 3.05) is 0 Å². The summed E-state index contributed by atoms with van der Waals surface area (Å²) in [4.78, 5) is 19.0. The lowest BCUT2D eigenvalue weighted by Gasteiger charge is -2.35. The Morgan fingerprint density at radius 2 is 0.800 bits per heavy atom. The van der Waals surface area contributed by atoms with Crippen LogP contribution in [0.25, 0.3) is 78.4 Å². The molecule has 9 aromatic rings. The quantitative estimate of drug-likeness (QED) is 0.183. The van der Waals surface area contributed by atoms with Crippen LogP contribution in [0.4, 0.5) is 0 Å². The van der Waals surface area contributed by atoms with Crippen molar-refractivity contribution in [3.8, 4) is 78.4 Å². The van der Waals surface area contributed by atoms with Gasteiger partial charge in [0.05, 0.1) is 16.8 Å². The van der Waals surface area contributed by atoms with E-state index in [1.165, 1.54) is 55.6 Å². The lowest BCUT2D eigenvalue weighted by atomic mass is 9.66. The Bertz CT molecular complexity index is 2870.